The van der Waals surface area contributed by atoms with E-state index in [9.17, 15) is 9.59 Å². The zero-order valence-corrected chi connectivity index (χ0v) is 14.9. The molecule has 8 nitrogen and oxygen atoms in total. The Kier molecular flexibility index (Phi) is 4.36. The molecule has 26 heavy (non-hydrogen) atoms. The zero-order chi connectivity index (χ0) is 18.3. The number of carbonyl (C=O) groups is 1. The molecule has 2 aromatic rings. The van der Waals surface area contributed by atoms with Crippen LogP contribution in [0.4, 0.5) is 0 Å². The third kappa shape index (κ3) is 3.29. The van der Waals surface area contributed by atoms with E-state index >= 15 is 0 Å². The number of nitrogens with zero attached hydrogens (tertiary/aromatic N) is 3. The first-order valence-electron chi connectivity index (χ1n) is 8.88. The minimum Gasteiger partial charge on any atom is -0.379 e. The Morgan fingerprint density at radius 3 is 2.85 bits per heavy atom. The minimum atomic E-state index is -0.366. The van der Waals surface area contributed by atoms with Crippen LogP contribution in [0.2, 0.25) is 0 Å². The van der Waals surface area contributed by atoms with Crippen LogP contribution < -0.4 is 5.56 Å². The molecule has 1 saturated heterocycles. The average molecular weight is 358 g/mol. The van der Waals surface area contributed by atoms with Gasteiger partial charge in [-0.05, 0) is 19.8 Å². The van der Waals surface area contributed by atoms with Gasteiger partial charge >= 0.3 is 0 Å². The van der Waals surface area contributed by atoms with E-state index in [4.69, 9.17) is 9.26 Å². The summed E-state index contributed by atoms with van der Waals surface area (Å²) in [6.45, 7) is 2.81. The first-order valence-corrected chi connectivity index (χ1v) is 8.88. The van der Waals surface area contributed by atoms with Gasteiger partial charge in [0.15, 0.2) is 0 Å². The largest absolute Gasteiger partial charge is 0.379 e. The molecule has 1 N–H and O–H groups in total. The van der Waals surface area contributed by atoms with Crippen molar-refractivity contribution in [2.75, 3.05) is 20.2 Å². The van der Waals surface area contributed by atoms with Crippen LogP contribution in [0.1, 0.15) is 46.4 Å². The lowest BCUT2D eigenvalue weighted by Crippen LogP contribution is -2.34. The quantitative estimate of drug-likeness (QED) is 0.864. The summed E-state index contributed by atoms with van der Waals surface area (Å²) < 4.78 is 10.8. The predicted octanol–water partition coefficient (Wildman–Crippen LogP) is 1.27. The van der Waals surface area contributed by atoms with Crippen LogP contribution in [0.25, 0.3) is 0 Å². The molecule has 0 bridgehead atoms. The summed E-state index contributed by atoms with van der Waals surface area (Å²) >= 11 is 0. The van der Waals surface area contributed by atoms with Crippen molar-refractivity contribution in [3.05, 3.63) is 45.5 Å². The Hall–Kier alpha value is -2.48. The maximum absolute atomic E-state index is 12.8. The van der Waals surface area contributed by atoms with Crippen molar-refractivity contribution in [1.82, 2.24) is 20.0 Å². The molecular formula is C18H22N4O4. The molecule has 4 rings (SSSR count). The normalized spacial score (nSPS) is 22.8. The topological polar surface area (TPSA) is 101 Å². The number of aryl methyl sites for hydroxylation is 1. The predicted molar refractivity (Wildman–Crippen MR) is 92.0 cm³/mol. The third-order valence-electron chi connectivity index (χ3n) is 5.12. The fourth-order valence-electron chi connectivity index (χ4n) is 3.54. The standard InChI is InChI=1S/C18H22N4O4/c1-10-5-13(26-21-10)6-12-8-22(9-15(12)25-2)18(24)14-7-19-16(11-3-4-11)20-17(14)23/h5,7,11-12,15H,3-4,6,8-9H2,1-2H3,(H,19,20,23)/t12-,15+/m1/s1. The maximum atomic E-state index is 12.8. The lowest BCUT2D eigenvalue weighted by molar-refractivity contribution is 0.0671. The third-order valence-corrected chi connectivity index (χ3v) is 5.12. The molecule has 1 aliphatic carbocycles. The van der Waals surface area contributed by atoms with Gasteiger partial charge in [-0.3, -0.25) is 9.59 Å². The van der Waals surface area contributed by atoms with Gasteiger partial charge in [-0.2, -0.15) is 0 Å². The van der Waals surface area contributed by atoms with Crippen LogP contribution >= 0.6 is 0 Å². The van der Waals surface area contributed by atoms with Crippen LogP contribution in [-0.4, -0.2) is 52.2 Å². The number of nitrogens with one attached hydrogen (secondary N) is 1. The van der Waals surface area contributed by atoms with Gasteiger partial charge in [0.25, 0.3) is 11.5 Å². The van der Waals surface area contributed by atoms with Crippen molar-refractivity contribution in [3.8, 4) is 0 Å². The summed E-state index contributed by atoms with van der Waals surface area (Å²) in [6, 6.07) is 1.89. The first kappa shape index (κ1) is 17.0. The molecule has 1 saturated carbocycles. The number of amides is 1. The number of carbonyl (C=O) groups excluding carboxylic acids is 1. The summed E-state index contributed by atoms with van der Waals surface area (Å²) in [4.78, 5) is 33.8. The molecule has 0 aromatic carbocycles. The average Bonchev–Trinajstić information content (AvgIpc) is 3.28. The summed E-state index contributed by atoms with van der Waals surface area (Å²) in [6.07, 6.45) is 4.02. The number of likely N-dealkylation sites (tertiary alicyclic amines) is 1. The van der Waals surface area contributed by atoms with Crippen LogP contribution in [0.5, 0.6) is 0 Å². The van der Waals surface area contributed by atoms with E-state index in [0.717, 1.165) is 24.3 Å². The van der Waals surface area contributed by atoms with E-state index in [1.165, 1.54) is 6.20 Å². The van der Waals surface area contributed by atoms with Gasteiger partial charge in [-0.25, -0.2) is 4.98 Å². The van der Waals surface area contributed by atoms with E-state index in [0.29, 0.717) is 31.3 Å². The van der Waals surface area contributed by atoms with Gasteiger partial charge in [-0.1, -0.05) is 5.16 Å². The van der Waals surface area contributed by atoms with E-state index in [1.807, 2.05) is 13.0 Å². The number of aromatic nitrogens is 3. The number of methoxy groups -OCH3 is 1. The second kappa shape index (κ2) is 6.68. The van der Waals surface area contributed by atoms with Crippen molar-refractivity contribution < 1.29 is 14.1 Å². The van der Waals surface area contributed by atoms with E-state index < -0.39 is 0 Å². The highest BCUT2D eigenvalue weighted by molar-refractivity contribution is 5.93. The molecule has 0 spiro atoms. The van der Waals surface area contributed by atoms with Crippen LogP contribution in [0.3, 0.4) is 0 Å². The van der Waals surface area contributed by atoms with Gasteiger partial charge in [0, 0.05) is 50.7 Å². The summed E-state index contributed by atoms with van der Waals surface area (Å²) in [5.74, 6) is 1.58. The molecule has 1 aliphatic heterocycles. The number of rotatable bonds is 5. The van der Waals surface area contributed by atoms with Crippen molar-refractivity contribution >= 4 is 5.91 Å². The fourth-order valence-corrected chi connectivity index (χ4v) is 3.54. The van der Waals surface area contributed by atoms with Crippen molar-refractivity contribution in [2.45, 2.75) is 38.2 Å². The lowest BCUT2D eigenvalue weighted by atomic mass is 10.0. The minimum absolute atomic E-state index is 0.0837. The summed E-state index contributed by atoms with van der Waals surface area (Å²) in [5.41, 5.74) is 0.545. The number of aromatic amines is 1. The molecule has 3 heterocycles. The molecule has 2 aliphatic rings. The monoisotopic (exact) mass is 358 g/mol. The van der Waals surface area contributed by atoms with Gasteiger partial charge in [-0.15, -0.1) is 0 Å². The van der Waals surface area contributed by atoms with Gasteiger partial charge in [0.05, 0.1) is 11.8 Å². The molecule has 0 unspecified atom stereocenters. The van der Waals surface area contributed by atoms with Crippen molar-refractivity contribution in [3.63, 3.8) is 0 Å². The maximum Gasteiger partial charge on any atom is 0.263 e. The Bertz CT molecular complexity index is 870. The van der Waals surface area contributed by atoms with E-state index in [-0.39, 0.29) is 29.1 Å². The van der Waals surface area contributed by atoms with Gasteiger partial charge in [0.1, 0.15) is 17.1 Å². The Balaban J connectivity index is 1.48. The molecule has 8 heteroatoms. The Morgan fingerprint density at radius 2 is 2.23 bits per heavy atom. The van der Waals surface area contributed by atoms with Crippen molar-refractivity contribution in [1.29, 1.82) is 0 Å². The molecule has 138 valence electrons. The first-order chi connectivity index (χ1) is 12.5. The van der Waals surface area contributed by atoms with E-state index in [2.05, 4.69) is 15.1 Å². The highest BCUT2D eigenvalue weighted by Crippen LogP contribution is 2.37. The number of ether oxygens (including phenoxy) is 1. The van der Waals surface area contributed by atoms with Crippen LogP contribution in [-0.2, 0) is 11.2 Å². The Morgan fingerprint density at radius 1 is 1.42 bits per heavy atom. The second-order valence-corrected chi connectivity index (χ2v) is 7.17. The lowest BCUT2D eigenvalue weighted by Gasteiger charge is -2.15. The molecule has 1 amide bonds. The van der Waals surface area contributed by atoms with E-state index in [1.54, 1.807) is 12.0 Å². The Labute approximate surface area is 150 Å². The number of hydrogen-bond donors (Lipinski definition) is 1. The van der Waals surface area contributed by atoms with Crippen LogP contribution in [0, 0.1) is 12.8 Å². The zero-order valence-electron chi connectivity index (χ0n) is 14.9. The SMILES string of the molecule is CO[C@H]1CN(C(=O)c2cnc(C3CC3)[nH]c2=O)C[C@H]1Cc1cc(C)no1. The van der Waals surface area contributed by atoms with Crippen LogP contribution in [0.15, 0.2) is 21.6 Å². The molecule has 2 aromatic heterocycles. The smallest absolute Gasteiger partial charge is 0.263 e. The second-order valence-electron chi connectivity index (χ2n) is 7.17. The number of H-pyrrole nitrogens is 1. The van der Waals surface area contributed by atoms with Gasteiger partial charge in [0.2, 0.25) is 0 Å². The number of hydrogen-bond acceptors (Lipinski definition) is 6. The fraction of sp³-hybridized carbons (Fsp3) is 0.556. The molecule has 0 radical (unpaired) electrons. The highest BCUT2D eigenvalue weighted by Gasteiger charge is 2.37. The molecular weight excluding hydrogens is 336 g/mol. The molecule has 2 atom stereocenters. The van der Waals surface area contributed by atoms with Gasteiger partial charge < -0.3 is 19.1 Å². The highest BCUT2D eigenvalue weighted by atomic mass is 16.5. The molecule has 2 fully saturated rings. The van der Waals surface area contributed by atoms with Crippen molar-refractivity contribution in [2.24, 2.45) is 5.92 Å². The summed E-state index contributed by atoms with van der Waals surface area (Å²) in [7, 11) is 1.63. The summed E-state index contributed by atoms with van der Waals surface area (Å²) in [5, 5.41) is 3.90.